The Kier molecular flexibility index (Phi) is 4.00. The van der Waals surface area contributed by atoms with Gasteiger partial charge >= 0.3 is 0 Å². The van der Waals surface area contributed by atoms with Gasteiger partial charge < -0.3 is 10.6 Å². The van der Waals surface area contributed by atoms with Crippen LogP contribution in [0.25, 0.3) is 0 Å². The second kappa shape index (κ2) is 5.50. The Labute approximate surface area is 104 Å². The van der Waals surface area contributed by atoms with Crippen molar-refractivity contribution < 1.29 is 0 Å². The lowest BCUT2D eigenvalue weighted by Crippen LogP contribution is -2.33. The van der Waals surface area contributed by atoms with Gasteiger partial charge in [-0.1, -0.05) is 6.07 Å². The summed E-state index contributed by atoms with van der Waals surface area (Å²) in [5.41, 5.74) is 8.35. The van der Waals surface area contributed by atoms with Crippen molar-refractivity contribution in [3.05, 3.63) is 23.4 Å². The molecule has 0 saturated heterocycles. The van der Waals surface area contributed by atoms with E-state index in [0.717, 1.165) is 31.7 Å². The predicted octanol–water partition coefficient (Wildman–Crippen LogP) is 2.13. The maximum absolute atomic E-state index is 5.60. The molecular formula is C14H23N3. The number of rotatable bonds is 5. The summed E-state index contributed by atoms with van der Waals surface area (Å²) in [6.45, 7) is 6.17. The number of aryl methyl sites for hydroxylation is 2. The van der Waals surface area contributed by atoms with Gasteiger partial charge in [-0.2, -0.15) is 0 Å². The maximum Gasteiger partial charge on any atom is 0.129 e. The van der Waals surface area contributed by atoms with Crippen LogP contribution in [0.15, 0.2) is 12.1 Å². The highest BCUT2D eigenvalue weighted by molar-refractivity contribution is 5.43. The van der Waals surface area contributed by atoms with E-state index in [1.807, 2.05) is 0 Å². The zero-order chi connectivity index (χ0) is 12.3. The van der Waals surface area contributed by atoms with Crippen molar-refractivity contribution in [2.75, 3.05) is 18.0 Å². The monoisotopic (exact) mass is 233 g/mol. The summed E-state index contributed by atoms with van der Waals surface area (Å²) in [6, 6.07) is 4.90. The van der Waals surface area contributed by atoms with Gasteiger partial charge in [-0.25, -0.2) is 4.98 Å². The molecule has 0 atom stereocenters. The number of fused-ring (bicyclic) bond motifs is 1. The number of nitrogens with two attached hydrogens (primary N) is 1. The second-order valence-corrected chi connectivity index (χ2v) is 5.06. The molecule has 17 heavy (non-hydrogen) atoms. The van der Waals surface area contributed by atoms with E-state index < -0.39 is 0 Å². The molecule has 3 nitrogen and oxygen atoms in total. The first-order valence-electron chi connectivity index (χ1n) is 6.68. The van der Waals surface area contributed by atoms with Gasteiger partial charge in [-0.15, -0.1) is 0 Å². The minimum Gasteiger partial charge on any atom is -0.354 e. The van der Waals surface area contributed by atoms with E-state index in [-0.39, 0.29) is 0 Å². The third-order valence-corrected chi connectivity index (χ3v) is 3.43. The van der Waals surface area contributed by atoms with Gasteiger partial charge in [-0.05, 0) is 57.7 Å². The largest absolute Gasteiger partial charge is 0.354 e. The van der Waals surface area contributed by atoms with Gasteiger partial charge in [0.1, 0.15) is 5.82 Å². The van der Waals surface area contributed by atoms with Gasteiger partial charge in [-0.3, -0.25) is 0 Å². The van der Waals surface area contributed by atoms with Gasteiger partial charge in [0.2, 0.25) is 0 Å². The highest BCUT2D eigenvalue weighted by Crippen LogP contribution is 2.24. The van der Waals surface area contributed by atoms with Crippen molar-refractivity contribution in [1.29, 1.82) is 0 Å². The molecule has 1 heterocycles. The van der Waals surface area contributed by atoms with Crippen LogP contribution in [0.3, 0.4) is 0 Å². The summed E-state index contributed by atoms with van der Waals surface area (Å²) in [4.78, 5) is 7.17. The van der Waals surface area contributed by atoms with E-state index in [4.69, 9.17) is 10.7 Å². The van der Waals surface area contributed by atoms with Crippen LogP contribution in [0.1, 0.15) is 37.9 Å². The second-order valence-electron chi connectivity index (χ2n) is 5.06. The van der Waals surface area contributed by atoms with Crippen LogP contribution in [0.4, 0.5) is 5.82 Å². The van der Waals surface area contributed by atoms with Crippen LogP contribution < -0.4 is 10.6 Å². The predicted molar refractivity (Wildman–Crippen MR) is 72.4 cm³/mol. The molecule has 0 fully saturated rings. The first kappa shape index (κ1) is 12.4. The van der Waals surface area contributed by atoms with Crippen molar-refractivity contribution in [3.8, 4) is 0 Å². The normalized spacial score (nSPS) is 14.1. The number of hydrogen-bond acceptors (Lipinski definition) is 3. The van der Waals surface area contributed by atoms with E-state index in [9.17, 15) is 0 Å². The molecule has 0 saturated carbocycles. The van der Waals surface area contributed by atoms with Crippen LogP contribution >= 0.6 is 0 Å². The third-order valence-electron chi connectivity index (χ3n) is 3.43. The smallest absolute Gasteiger partial charge is 0.129 e. The molecule has 2 N–H and O–H groups in total. The Hall–Kier alpha value is -1.09. The Morgan fingerprint density at radius 2 is 2.18 bits per heavy atom. The van der Waals surface area contributed by atoms with Crippen molar-refractivity contribution >= 4 is 5.82 Å². The fraction of sp³-hybridized carbons (Fsp3) is 0.643. The Morgan fingerprint density at radius 1 is 1.35 bits per heavy atom. The van der Waals surface area contributed by atoms with Crippen molar-refractivity contribution in [3.63, 3.8) is 0 Å². The van der Waals surface area contributed by atoms with Gasteiger partial charge in [0.15, 0.2) is 0 Å². The fourth-order valence-electron chi connectivity index (χ4n) is 2.47. The molecule has 94 valence electrons. The molecule has 0 aromatic carbocycles. The lowest BCUT2D eigenvalue weighted by molar-refractivity contribution is 0.647. The van der Waals surface area contributed by atoms with E-state index in [1.165, 1.54) is 24.1 Å². The summed E-state index contributed by atoms with van der Waals surface area (Å²) < 4.78 is 0. The average Bonchev–Trinajstić information content (AvgIpc) is 2.76. The molecule has 1 aromatic rings. The molecule has 2 rings (SSSR count). The SMILES string of the molecule is CC(C)N(CCCN)c1ccc2c(n1)CCC2. The molecule has 0 amide bonds. The molecule has 0 radical (unpaired) electrons. The minimum atomic E-state index is 0.480. The standard InChI is InChI=1S/C14H23N3/c1-11(2)17(10-4-9-15)14-8-7-12-5-3-6-13(12)16-14/h7-8,11H,3-6,9-10,15H2,1-2H3. The molecular weight excluding hydrogens is 210 g/mol. The quantitative estimate of drug-likeness (QED) is 0.847. The molecule has 3 heteroatoms. The summed E-state index contributed by atoms with van der Waals surface area (Å²) in [5, 5.41) is 0. The highest BCUT2D eigenvalue weighted by Gasteiger charge is 2.16. The molecule has 1 aliphatic rings. The van der Waals surface area contributed by atoms with Gasteiger partial charge in [0, 0.05) is 18.3 Å². The van der Waals surface area contributed by atoms with Gasteiger partial charge in [0.05, 0.1) is 0 Å². The number of anilines is 1. The van der Waals surface area contributed by atoms with E-state index in [1.54, 1.807) is 0 Å². The topological polar surface area (TPSA) is 42.1 Å². The zero-order valence-electron chi connectivity index (χ0n) is 10.9. The Balaban J connectivity index is 2.17. The van der Waals surface area contributed by atoms with Crippen LogP contribution in [0, 0.1) is 0 Å². The van der Waals surface area contributed by atoms with Crippen molar-refractivity contribution in [2.24, 2.45) is 5.73 Å². The van der Waals surface area contributed by atoms with E-state index in [0.29, 0.717) is 6.04 Å². The molecule has 1 aliphatic carbocycles. The van der Waals surface area contributed by atoms with Crippen LogP contribution in [-0.2, 0) is 12.8 Å². The van der Waals surface area contributed by atoms with E-state index >= 15 is 0 Å². The minimum absolute atomic E-state index is 0.480. The Bertz CT molecular complexity index is 374. The van der Waals surface area contributed by atoms with Crippen molar-refractivity contribution in [2.45, 2.75) is 45.6 Å². The number of nitrogens with zero attached hydrogens (tertiary/aromatic N) is 2. The molecule has 0 bridgehead atoms. The lowest BCUT2D eigenvalue weighted by Gasteiger charge is -2.28. The van der Waals surface area contributed by atoms with Crippen molar-refractivity contribution in [1.82, 2.24) is 4.98 Å². The molecule has 0 aliphatic heterocycles. The average molecular weight is 233 g/mol. The molecule has 1 aromatic heterocycles. The zero-order valence-corrected chi connectivity index (χ0v) is 10.9. The summed E-state index contributed by atoms with van der Waals surface area (Å²) >= 11 is 0. The lowest BCUT2D eigenvalue weighted by atomic mass is 10.2. The first-order valence-corrected chi connectivity index (χ1v) is 6.68. The summed E-state index contributed by atoms with van der Waals surface area (Å²) in [7, 11) is 0. The number of pyridine rings is 1. The van der Waals surface area contributed by atoms with Crippen LogP contribution in [-0.4, -0.2) is 24.1 Å². The summed E-state index contributed by atoms with van der Waals surface area (Å²) in [5.74, 6) is 1.12. The number of hydrogen-bond donors (Lipinski definition) is 1. The Morgan fingerprint density at radius 3 is 2.88 bits per heavy atom. The first-order chi connectivity index (χ1) is 8.22. The maximum atomic E-state index is 5.60. The number of aromatic nitrogens is 1. The highest BCUT2D eigenvalue weighted by atomic mass is 15.2. The van der Waals surface area contributed by atoms with E-state index in [2.05, 4.69) is 30.9 Å². The van der Waals surface area contributed by atoms with Crippen LogP contribution in [0.2, 0.25) is 0 Å². The van der Waals surface area contributed by atoms with Crippen LogP contribution in [0.5, 0.6) is 0 Å². The third kappa shape index (κ3) is 2.78. The molecule has 0 unspecified atom stereocenters. The van der Waals surface area contributed by atoms with Gasteiger partial charge in [0.25, 0.3) is 0 Å². The fourth-order valence-corrected chi connectivity index (χ4v) is 2.47. The summed E-state index contributed by atoms with van der Waals surface area (Å²) in [6.07, 6.45) is 4.63. The molecule has 0 spiro atoms.